The van der Waals surface area contributed by atoms with Crippen molar-refractivity contribution in [1.82, 2.24) is 0 Å². The Kier molecular flexibility index (Phi) is 3.03. The number of benzene rings is 3. The molecule has 0 spiro atoms. The summed E-state index contributed by atoms with van der Waals surface area (Å²) < 4.78 is 0. The number of anilines is 1. The molecule has 0 N–H and O–H groups in total. The van der Waals surface area contributed by atoms with E-state index in [1.54, 1.807) is 11.8 Å². The molecular formula is C19H9Cl3N2O. The van der Waals surface area contributed by atoms with Crippen molar-refractivity contribution in [3.05, 3.63) is 68.2 Å². The molecule has 0 aliphatic carbocycles. The molecule has 122 valence electrons. The summed E-state index contributed by atoms with van der Waals surface area (Å²) in [7, 11) is 0. The quantitative estimate of drug-likeness (QED) is 0.425. The fourth-order valence-electron chi connectivity index (χ4n) is 3.60. The maximum Gasteiger partial charge on any atom is 0.265 e. The topological polar surface area (TPSA) is 32.7 Å². The molecule has 1 amide bonds. The third kappa shape index (κ3) is 1.78. The lowest BCUT2D eigenvalue weighted by Crippen LogP contribution is -2.31. The van der Waals surface area contributed by atoms with E-state index in [9.17, 15) is 4.79 Å². The molecule has 3 aromatic rings. The maximum absolute atomic E-state index is 13.2. The van der Waals surface area contributed by atoms with E-state index in [-0.39, 0.29) is 16.0 Å². The average molecular weight is 388 g/mol. The molecular weight excluding hydrogens is 379 g/mol. The zero-order valence-corrected chi connectivity index (χ0v) is 15.2. The lowest BCUT2D eigenvalue weighted by atomic mass is 10.0. The van der Waals surface area contributed by atoms with Crippen molar-refractivity contribution in [2.45, 2.75) is 6.92 Å². The van der Waals surface area contributed by atoms with Crippen LogP contribution >= 0.6 is 34.8 Å². The van der Waals surface area contributed by atoms with E-state index in [1.807, 2.05) is 36.4 Å². The number of halogens is 3. The van der Waals surface area contributed by atoms with Crippen LogP contribution in [0.2, 0.25) is 15.1 Å². The van der Waals surface area contributed by atoms with Gasteiger partial charge in [-0.2, -0.15) is 0 Å². The largest absolute Gasteiger partial charge is 0.268 e. The van der Waals surface area contributed by atoms with Gasteiger partial charge in [0.15, 0.2) is 0 Å². The summed E-state index contributed by atoms with van der Waals surface area (Å²) in [5.74, 6) is 0.312. The molecule has 2 aliphatic rings. The van der Waals surface area contributed by atoms with Crippen LogP contribution in [0.3, 0.4) is 0 Å². The number of nitrogens with zero attached hydrogens (tertiary/aromatic N) is 2. The zero-order valence-electron chi connectivity index (χ0n) is 12.9. The molecule has 0 aromatic heterocycles. The summed E-state index contributed by atoms with van der Waals surface area (Å²) in [4.78, 5) is 19.5. The molecule has 0 radical (unpaired) electrons. The molecule has 6 heteroatoms. The molecule has 3 aromatic carbocycles. The van der Waals surface area contributed by atoms with Gasteiger partial charge in [-0.05, 0) is 30.0 Å². The monoisotopic (exact) mass is 386 g/mol. The Morgan fingerprint density at radius 1 is 0.920 bits per heavy atom. The van der Waals surface area contributed by atoms with Gasteiger partial charge in [0.2, 0.25) is 0 Å². The first-order chi connectivity index (χ1) is 12.0. The minimum Gasteiger partial charge on any atom is -0.268 e. The van der Waals surface area contributed by atoms with Gasteiger partial charge in [-0.15, -0.1) is 0 Å². The van der Waals surface area contributed by atoms with Gasteiger partial charge < -0.3 is 0 Å². The predicted octanol–water partition coefficient (Wildman–Crippen LogP) is 6.16. The molecule has 5 rings (SSSR count). The normalized spacial score (nSPS) is 14.6. The minimum absolute atomic E-state index is 0.186. The van der Waals surface area contributed by atoms with Crippen molar-refractivity contribution in [1.29, 1.82) is 0 Å². The first-order valence-electron chi connectivity index (χ1n) is 7.63. The van der Waals surface area contributed by atoms with Gasteiger partial charge in [-0.3, -0.25) is 9.69 Å². The Bertz CT molecular complexity index is 1160. The fourth-order valence-corrected chi connectivity index (χ4v) is 4.35. The molecule has 0 saturated heterocycles. The molecule has 0 fully saturated rings. The molecule has 2 heterocycles. The van der Waals surface area contributed by atoms with E-state index < -0.39 is 0 Å². The molecule has 2 aliphatic heterocycles. The van der Waals surface area contributed by atoms with Gasteiger partial charge in [-0.25, -0.2) is 4.99 Å². The SMILES string of the molecule is Cc1c(Cl)c(Cl)c(Cl)c2c1C(=O)N1C2=Nc2cccc3cccc1c23. The summed E-state index contributed by atoms with van der Waals surface area (Å²) in [5, 5.41) is 2.78. The smallest absolute Gasteiger partial charge is 0.265 e. The predicted molar refractivity (Wildman–Crippen MR) is 103 cm³/mol. The zero-order chi connectivity index (χ0) is 17.5. The first kappa shape index (κ1) is 15.2. The van der Waals surface area contributed by atoms with Gasteiger partial charge in [-0.1, -0.05) is 59.1 Å². The number of hydrogen-bond donors (Lipinski definition) is 0. The fraction of sp³-hybridized carbons (Fsp3) is 0.0526. The van der Waals surface area contributed by atoms with Gasteiger partial charge in [0.25, 0.3) is 5.91 Å². The standard InChI is InChI=1S/C19H9Cl3N2O/c1-8-12-14(16(21)17(22)15(8)20)18-23-10-6-2-4-9-5-3-7-11(13(9)10)24(18)19(12)25/h2-7H,1H3. The van der Waals surface area contributed by atoms with Crippen LogP contribution in [-0.4, -0.2) is 11.7 Å². The number of aliphatic imine (C=N–C) groups is 1. The summed E-state index contributed by atoms with van der Waals surface area (Å²) >= 11 is 19.0. The number of fused-ring (bicyclic) bond motifs is 4. The molecule has 0 unspecified atom stereocenters. The number of amidine groups is 1. The Morgan fingerprint density at radius 2 is 1.64 bits per heavy atom. The molecule has 25 heavy (non-hydrogen) atoms. The highest BCUT2D eigenvalue weighted by atomic mass is 35.5. The van der Waals surface area contributed by atoms with Crippen molar-refractivity contribution in [2.24, 2.45) is 4.99 Å². The van der Waals surface area contributed by atoms with Gasteiger partial charge in [0.1, 0.15) is 5.84 Å². The molecule has 0 bridgehead atoms. The van der Waals surface area contributed by atoms with Crippen molar-refractivity contribution >= 4 is 68.7 Å². The number of hydrogen-bond acceptors (Lipinski definition) is 2. The lowest BCUT2D eigenvalue weighted by molar-refractivity contribution is 0.101. The third-order valence-corrected chi connectivity index (χ3v) is 6.16. The van der Waals surface area contributed by atoms with Crippen LogP contribution in [0.1, 0.15) is 21.5 Å². The van der Waals surface area contributed by atoms with Gasteiger partial charge >= 0.3 is 0 Å². The highest BCUT2D eigenvalue weighted by molar-refractivity contribution is 6.53. The van der Waals surface area contributed by atoms with E-state index in [1.165, 1.54) is 0 Å². The second-order valence-corrected chi connectivity index (χ2v) is 7.18. The summed E-state index contributed by atoms with van der Waals surface area (Å²) in [6.45, 7) is 1.77. The second-order valence-electron chi connectivity index (χ2n) is 6.05. The van der Waals surface area contributed by atoms with E-state index in [4.69, 9.17) is 39.8 Å². The highest BCUT2D eigenvalue weighted by Crippen LogP contribution is 2.48. The molecule has 0 atom stereocenters. The van der Waals surface area contributed by atoms with Crippen molar-refractivity contribution < 1.29 is 4.79 Å². The average Bonchev–Trinajstić information content (AvgIpc) is 2.91. The number of carbonyl (C=O) groups excluding carboxylic acids is 1. The summed E-state index contributed by atoms with van der Waals surface area (Å²) in [6, 6.07) is 11.7. The Labute approximate surface area is 158 Å². The lowest BCUT2D eigenvalue weighted by Gasteiger charge is -2.24. The van der Waals surface area contributed by atoms with Crippen molar-refractivity contribution in [3.8, 4) is 0 Å². The van der Waals surface area contributed by atoms with Crippen LogP contribution in [0.25, 0.3) is 10.8 Å². The molecule has 0 saturated carbocycles. The van der Waals surface area contributed by atoms with Crippen molar-refractivity contribution in [2.75, 3.05) is 4.90 Å². The third-order valence-electron chi connectivity index (χ3n) is 4.74. The minimum atomic E-state index is -0.186. The maximum atomic E-state index is 13.2. The van der Waals surface area contributed by atoms with Crippen molar-refractivity contribution in [3.63, 3.8) is 0 Å². The van der Waals surface area contributed by atoms with E-state index in [0.717, 1.165) is 22.1 Å². The Hall–Kier alpha value is -2.07. The van der Waals surface area contributed by atoms with Crippen LogP contribution in [0.4, 0.5) is 11.4 Å². The first-order valence-corrected chi connectivity index (χ1v) is 8.76. The molecule has 3 nitrogen and oxygen atoms in total. The van der Waals surface area contributed by atoms with E-state index >= 15 is 0 Å². The van der Waals surface area contributed by atoms with E-state index in [2.05, 4.69) is 0 Å². The van der Waals surface area contributed by atoms with E-state index in [0.29, 0.717) is 27.5 Å². The van der Waals surface area contributed by atoms with Crippen LogP contribution in [0.5, 0.6) is 0 Å². The van der Waals surface area contributed by atoms with Crippen LogP contribution in [0.15, 0.2) is 41.4 Å². The number of carbonyl (C=O) groups is 1. The Balaban J connectivity index is 1.93. The number of rotatable bonds is 0. The number of amides is 1. The van der Waals surface area contributed by atoms with Gasteiger partial charge in [0, 0.05) is 5.39 Å². The Morgan fingerprint density at radius 3 is 2.40 bits per heavy atom. The van der Waals surface area contributed by atoms with Gasteiger partial charge in [0.05, 0.1) is 37.6 Å². The van der Waals surface area contributed by atoms with Crippen LogP contribution in [0, 0.1) is 6.92 Å². The second kappa shape index (κ2) is 4.98. The van der Waals surface area contributed by atoms with Crippen LogP contribution < -0.4 is 4.90 Å². The summed E-state index contributed by atoms with van der Waals surface area (Å²) in [5.41, 5.74) is 3.22. The van der Waals surface area contributed by atoms with Crippen LogP contribution in [-0.2, 0) is 0 Å². The summed E-state index contributed by atoms with van der Waals surface area (Å²) in [6.07, 6.45) is 0. The highest BCUT2D eigenvalue weighted by Gasteiger charge is 2.42.